The topological polar surface area (TPSA) is 54.5 Å². The number of guanidine groups is 1. The zero-order chi connectivity index (χ0) is 12.3. The van der Waals surface area contributed by atoms with Crippen molar-refractivity contribution in [2.45, 2.75) is 33.2 Å². The van der Waals surface area contributed by atoms with Crippen LogP contribution in [0.2, 0.25) is 0 Å². The van der Waals surface area contributed by atoms with Crippen LogP contribution in [0.3, 0.4) is 0 Å². The number of hydrogen-bond donors (Lipinski definition) is 1. The van der Waals surface area contributed by atoms with Gasteiger partial charge in [0.15, 0.2) is 5.96 Å². The molecule has 0 atom stereocenters. The summed E-state index contributed by atoms with van der Waals surface area (Å²) in [7, 11) is 0. The third-order valence-electron chi connectivity index (χ3n) is 3.15. The molecule has 0 spiro atoms. The Hall–Kier alpha value is -1.10. The lowest BCUT2D eigenvalue weighted by molar-refractivity contribution is 0.277. The molecule has 5 heteroatoms. The Bertz CT molecular complexity index is 391. The van der Waals surface area contributed by atoms with Gasteiger partial charge in [-0.05, 0) is 25.7 Å². The minimum atomic E-state index is 0.608. The number of piperidine rings is 1. The van der Waals surface area contributed by atoms with Crippen molar-refractivity contribution in [3.63, 3.8) is 0 Å². The van der Waals surface area contributed by atoms with Crippen molar-refractivity contribution in [1.29, 1.82) is 0 Å². The van der Waals surface area contributed by atoms with Gasteiger partial charge < -0.3 is 10.6 Å². The van der Waals surface area contributed by atoms with Gasteiger partial charge in [0.1, 0.15) is 5.01 Å². The first-order valence-corrected chi connectivity index (χ1v) is 6.99. The lowest BCUT2D eigenvalue weighted by Gasteiger charge is -2.30. The summed E-state index contributed by atoms with van der Waals surface area (Å²) in [5, 5.41) is 3.08. The summed E-state index contributed by atoms with van der Waals surface area (Å²) in [4.78, 5) is 11.0. The van der Waals surface area contributed by atoms with Gasteiger partial charge >= 0.3 is 0 Å². The zero-order valence-electron chi connectivity index (χ0n) is 10.5. The Morgan fingerprint density at radius 1 is 1.59 bits per heavy atom. The number of thiazole rings is 1. The standard InChI is InChI=1S/C12H20N4S/c1-9-3-5-16(6-4-9)12(13)14-7-11-15-10(2)8-17-11/h8-9H,3-7H2,1-2H3,(H2,13,14). The van der Waals surface area contributed by atoms with E-state index in [1.165, 1.54) is 12.8 Å². The smallest absolute Gasteiger partial charge is 0.191 e. The van der Waals surface area contributed by atoms with E-state index in [2.05, 4.69) is 21.8 Å². The van der Waals surface area contributed by atoms with E-state index in [1.807, 2.05) is 12.3 Å². The molecule has 1 fully saturated rings. The van der Waals surface area contributed by atoms with Crippen LogP contribution in [0.25, 0.3) is 0 Å². The molecule has 2 rings (SSSR count). The minimum absolute atomic E-state index is 0.608. The molecule has 17 heavy (non-hydrogen) atoms. The molecule has 1 saturated heterocycles. The molecule has 1 aromatic heterocycles. The fraction of sp³-hybridized carbons (Fsp3) is 0.667. The van der Waals surface area contributed by atoms with Gasteiger partial charge in [-0.1, -0.05) is 6.92 Å². The molecular formula is C12H20N4S. The number of aryl methyl sites for hydroxylation is 1. The van der Waals surface area contributed by atoms with Crippen molar-refractivity contribution < 1.29 is 0 Å². The molecule has 2 N–H and O–H groups in total. The Morgan fingerprint density at radius 3 is 2.88 bits per heavy atom. The first-order valence-electron chi connectivity index (χ1n) is 6.11. The highest BCUT2D eigenvalue weighted by Gasteiger charge is 2.16. The second kappa shape index (κ2) is 5.49. The van der Waals surface area contributed by atoms with Crippen LogP contribution in [-0.4, -0.2) is 28.9 Å². The average Bonchev–Trinajstić information content (AvgIpc) is 2.73. The predicted octanol–water partition coefficient (Wildman–Crippen LogP) is 2.00. The van der Waals surface area contributed by atoms with E-state index in [0.717, 1.165) is 29.7 Å². The van der Waals surface area contributed by atoms with E-state index in [4.69, 9.17) is 5.73 Å². The normalized spacial score (nSPS) is 18.7. The van der Waals surface area contributed by atoms with Gasteiger partial charge in [0.05, 0.1) is 6.54 Å². The van der Waals surface area contributed by atoms with E-state index in [-0.39, 0.29) is 0 Å². The summed E-state index contributed by atoms with van der Waals surface area (Å²) in [6, 6.07) is 0. The highest BCUT2D eigenvalue weighted by atomic mass is 32.1. The van der Waals surface area contributed by atoms with E-state index >= 15 is 0 Å². The van der Waals surface area contributed by atoms with E-state index in [9.17, 15) is 0 Å². The fourth-order valence-corrected chi connectivity index (χ4v) is 2.66. The van der Waals surface area contributed by atoms with E-state index < -0.39 is 0 Å². The molecule has 0 aromatic carbocycles. The van der Waals surface area contributed by atoms with Crippen LogP contribution in [0.4, 0.5) is 0 Å². The maximum Gasteiger partial charge on any atom is 0.191 e. The Kier molecular flexibility index (Phi) is 3.99. The molecule has 0 radical (unpaired) electrons. The number of aliphatic imine (C=N–C) groups is 1. The van der Waals surface area contributed by atoms with Crippen molar-refractivity contribution in [1.82, 2.24) is 9.88 Å². The molecule has 1 aliphatic rings. The van der Waals surface area contributed by atoms with E-state index in [1.54, 1.807) is 11.3 Å². The Labute approximate surface area is 107 Å². The third-order valence-corrected chi connectivity index (χ3v) is 4.10. The second-order valence-electron chi connectivity index (χ2n) is 4.73. The maximum absolute atomic E-state index is 6.00. The van der Waals surface area contributed by atoms with Crippen LogP contribution in [0, 0.1) is 12.8 Å². The van der Waals surface area contributed by atoms with Crippen LogP contribution < -0.4 is 5.73 Å². The number of hydrogen-bond acceptors (Lipinski definition) is 3. The molecule has 1 aliphatic heterocycles. The lowest BCUT2D eigenvalue weighted by atomic mass is 10.00. The molecule has 1 aromatic rings. The molecule has 4 nitrogen and oxygen atoms in total. The first-order chi connectivity index (χ1) is 8.15. The zero-order valence-corrected chi connectivity index (χ0v) is 11.3. The van der Waals surface area contributed by atoms with Gasteiger partial charge in [0, 0.05) is 24.2 Å². The molecular weight excluding hydrogens is 232 g/mol. The van der Waals surface area contributed by atoms with Crippen molar-refractivity contribution in [2.75, 3.05) is 13.1 Å². The number of nitrogens with zero attached hydrogens (tertiary/aromatic N) is 3. The first kappa shape index (κ1) is 12.4. The number of aromatic nitrogens is 1. The summed E-state index contributed by atoms with van der Waals surface area (Å²) < 4.78 is 0. The van der Waals surface area contributed by atoms with Crippen molar-refractivity contribution in [3.8, 4) is 0 Å². The highest BCUT2D eigenvalue weighted by molar-refractivity contribution is 7.09. The monoisotopic (exact) mass is 252 g/mol. The average molecular weight is 252 g/mol. The number of nitrogens with two attached hydrogens (primary N) is 1. The van der Waals surface area contributed by atoms with Crippen molar-refractivity contribution >= 4 is 17.3 Å². The van der Waals surface area contributed by atoms with Gasteiger partial charge in [-0.3, -0.25) is 0 Å². The third kappa shape index (κ3) is 3.43. The molecule has 0 amide bonds. The Morgan fingerprint density at radius 2 is 2.29 bits per heavy atom. The Balaban J connectivity index is 1.88. The molecule has 94 valence electrons. The summed E-state index contributed by atoms with van der Waals surface area (Å²) in [6.45, 7) is 6.97. The minimum Gasteiger partial charge on any atom is -0.370 e. The summed E-state index contributed by atoms with van der Waals surface area (Å²) in [6.07, 6.45) is 2.43. The summed E-state index contributed by atoms with van der Waals surface area (Å²) in [5.41, 5.74) is 7.06. The van der Waals surface area contributed by atoms with Gasteiger partial charge in [-0.25, -0.2) is 9.98 Å². The summed E-state index contributed by atoms with van der Waals surface area (Å²) >= 11 is 1.65. The van der Waals surface area contributed by atoms with Crippen LogP contribution in [0.1, 0.15) is 30.5 Å². The quantitative estimate of drug-likeness (QED) is 0.647. The number of rotatable bonds is 2. The lowest BCUT2D eigenvalue weighted by Crippen LogP contribution is -2.42. The maximum atomic E-state index is 6.00. The van der Waals surface area contributed by atoms with Gasteiger partial charge in [-0.15, -0.1) is 11.3 Å². The number of likely N-dealkylation sites (tertiary alicyclic amines) is 1. The molecule has 0 aliphatic carbocycles. The van der Waals surface area contributed by atoms with Gasteiger partial charge in [-0.2, -0.15) is 0 Å². The van der Waals surface area contributed by atoms with Crippen LogP contribution in [-0.2, 0) is 6.54 Å². The van der Waals surface area contributed by atoms with Gasteiger partial charge in [0.2, 0.25) is 0 Å². The largest absolute Gasteiger partial charge is 0.370 e. The SMILES string of the molecule is Cc1csc(CN=C(N)N2CCC(C)CC2)n1. The fourth-order valence-electron chi connectivity index (χ4n) is 1.96. The van der Waals surface area contributed by atoms with Crippen LogP contribution >= 0.6 is 11.3 Å². The van der Waals surface area contributed by atoms with Gasteiger partial charge in [0.25, 0.3) is 0 Å². The molecule has 0 saturated carbocycles. The van der Waals surface area contributed by atoms with Crippen LogP contribution in [0.5, 0.6) is 0 Å². The van der Waals surface area contributed by atoms with Crippen LogP contribution in [0.15, 0.2) is 10.4 Å². The van der Waals surface area contributed by atoms with Crippen molar-refractivity contribution in [2.24, 2.45) is 16.6 Å². The van der Waals surface area contributed by atoms with E-state index in [0.29, 0.717) is 12.5 Å². The molecule has 2 heterocycles. The predicted molar refractivity (Wildman–Crippen MR) is 72.1 cm³/mol. The second-order valence-corrected chi connectivity index (χ2v) is 5.67. The highest BCUT2D eigenvalue weighted by Crippen LogP contribution is 2.16. The molecule has 0 bridgehead atoms. The summed E-state index contributed by atoms with van der Waals surface area (Å²) in [5.74, 6) is 1.49. The van der Waals surface area contributed by atoms with Crippen molar-refractivity contribution in [3.05, 3.63) is 16.1 Å². The molecule has 0 unspecified atom stereocenters.